The minimum atomic E-state index is -0.0660. The summed E-state index contributed by atoms with van der Waals surface area (Å²) in [6.45, 7) is 8.92. The van der Waals surface area contributed by atoms with Gasteiger partial charge < -0.3 is 19.5 Å². The van der Waals surface area contributed by atoms with E-state index >= 15 is 0 Å². The maximum atomic E-state index is 12.3. The van der Waals surface area contributed by atoms with E-state index in [2.05, 4.69) is 41.0 Å². The number of amides is 1. The molecular weight excluding hydrogens is 306 g/mol. The number of hydrogen-bond acceptors (Lipinski definition) is 6. The first-order chi connectivity index (χ1) is 11.4. The third kappa shape index (κ3) is 3.84. The van der Waals surface area contributed by atoms with Crippen molar-refractivity contribution in [2.45, 2.75) is 26.3 Å². The second kappa shape index (κ2) is 6.51. The summed E-state index contributed by atoms with van der Waals surface area (Å²) < 4.78 is 5.18. The van der Waals surface area contributed by atoms with E-state index in [1.54, 1.807) is 23.2 Å². The van der Waals surface area contributed by atoms with Gasteiger partial charge in [-0.15, -0.1) is 0 Å². The standard InChI is InChI=1S/C17H23N5O2/c1-17(2,3)20-14-6-7-18-16(19-14)22-10-8-21(9-11-22)15(23)13-5-4-12-24-13/h4-7,12H,8-11H2,1-3H3,(H,18,19,20). The van der Waals surface area contributed by atoms with Crippen LogP contribution in [0.25, 0.3) is 0 Å². The Morgan fingerprint density at radius 1 is 1.21 bits per heavy atom. The van der Waals surface area contributed by atoms with E-state index in [4.69, 9.17) is 4.42 Å². The highest BCUT2D eigenvalue weighted by Gasteiger charge is 2.25. The lowest BCUT2D eigenvalue weighted by molar-refractivity contribution is 0.0714. The number of nitrogens with zero attached hydrogens (tertiary/aromatic N) is 4. The summed E-state index contributed by atoms with van der Waals surface area (Å²) in [4.78, 5) is 25.1. The van der Waals surface area contributed by atoms with Crippen LogP contribution in [0, 0.1) is 0 Å². The summed E-state index contributed by atoms with van der Waals surface area (Å²) in [5.41, 5.74) is -0.0558. The lowest BCUT2D eigenvalue weighted by atomic mass is 10.1. The number of furan rings is 1. The molecule has 7 nitrogen and oxygen atoms in total. The molecule has 0 saturated carbocycles. The van der Waals surface area contributed by atoms with Gasteiger partial charge in [-0.05, 0) is 39.0 Å². The van der Waals surface area contributed by atoms with Crippen molar-refractivity contribution in [1.29, 1.82) is 0 Å². The molecule has 2 aromatic heterocycles. The first-order valence-corrected chi connectivity index (χ1v) is 8.11. The molecule has 1 aliphatic heterocycles. The molecule has 1 saturated heterocycles. The molecular formula is C17H23N5O2. The van der Waals surface area contributed by atoms with Gasteiger partial charge in [0.05, 0.1) is 6.26 Å². The van der Waals surface area contributed by atoms with Gasteiger partial charge >= 0.3 is 0 Å². The summed E-state index contributed by atoms with van der Waals surface area (Å²) in [6.07, 6.45) is 3.28. The van der Waals surface area contributed by atoms with Crippen molar-refractivity contribution >= 4 is 17.7 Å². The summed E-state index contributed by atoms with van der Waals surface area (Å²) in [6, 6.07) is 5.29. The maximum Gasteiger partial charge on any atom is 0.289 e. The predicted molar refractivity (Wildman–Crippen MR) is 92.2 cm³/mol. The number of rotatable bonds is 3. The summed E-state index contributed by atoms with van der Waals surface area (Å²) in [7, 11) is 0. The second-order valence-corrected chi connectivity index (χ2v) is 6.87. The highest BCUT2D eigenvalue weighted by atomic mass is 16.3. The van der Waals surface area contributed by atoms with E-state index in [0.717, 1.165) is 5.82 Å². The van der Waals surface area contributed by atoms with Crippen LogP contribution in [0.5, 0.6) is 0 Å². The van der Waals surface area contributed by atoms with Crippen molar-refractivity contribution < 1.29 is 9.21 Å². The van der Waals surface area contributed by atoms with Crippen LogP contribution in [0.4, 0.5) is 11.8 Å². The number of aromatic nitrogens is 2. The molecule has 1 N–H and O–H groups in total. The van der Waals surface area contributed by atoms with Crippen LogP contribution in [0.1, 0.15) is 31.3 Å². The molecule has 0 unspecified atom stereocenters. The summed E-state index contributed by atoms with van der Waals surface area (Å²) in [5.74, 6) is 1.82. The van der Waals surface area contributed by atoms with Gasteiger partial charge in [0.1, 0.15) is 5.82 Å². The van der Waals surface area contributed by atoms with Crippen molar-refractivity contribution in [3.63, 3.8) is 0 Å². The van der Waals surface area contributed by atoms with Gasteiger partial charge in [-0.25, -0.2) is 4.98 Å². The lowest BCUT2D eigenvalue weighted by Crippen LogP contribution is -2.49. The zero-order valence-corrected chi connectivity index (χ0v) is 14.3. The van der Waals surface area contributed by atoms with E-state index in [9.17, 15) is 4.79 Å². The molecule has 1 aliphatic rings. The maximum absolute atomic E-state index is 12.3. The molecule has 1 fully saturated rings. The molecule has 1 amide bonds. The SMILES string of the molecule is CC(C)(C)Nc1ccnc(N2CCN(C(=O)c3ccco3)CC2)n1. The minimum Gasteiger partial charge on any atom is -0.459 e. The zero-order chi connectivity index (χ0) is 17.2. The van der Waals surface area contributed by atoms with Gasteiger partial charge in [-0.3, -0.25) is 4.79 Å². The predicted octanol–water partition coefficient (Wildman–Crippen LogP) is 2.24. The molecule has 3 heterocycles. The van der Waals surface area contributed by atoms with Gasteiger partial charge in [0.15, 0.2) is 5.76 Å². The Morgan fingerprint density at radius 3 is 2.58 bits per heavy atom. The minimum absolute atomic E-state index is 0.0558. The number of nitrogens with one attached hydrogen (secondary N) is 1. The lowest BCUT2D eigenvalue weighted by Gasteiger charge is -2.34. The monoisotopic (exact) mass is 329 g/mol. The Hall–Kier alpha value is -2.57. The van der Waals surface area contributed by atoms with Gasteiger partial charge in [-0.2, -0.15) is 4.98 Å². The van der Waals surface area contributed by atoms with Crippen molar-refractivity contribution in [1.82, 2.24) is 14.9 Å². The second-order valence-electron chi connectivity index (χ2n) is 6.87. The molecule has 2 aromatic rings. The molecule has 24 heavy (non-hydrogen) atoms. The van der Waals surface area contributed by atoms with Gasteiger partial charge in [0, 0.05) is 37.9 Å². The molecule has 0 bridgehead atoms. The van der Waals surface area contributed by atoms with E-state index in [-0.39, 0.29) is 11.4 Å². The third-order valence-electron chi connectivity index (χ3n) is 3.73. The van der Waals surface area contributed by atoms with Crippen molar-refractivity contribution in [2.24, 2.45) is 0 Å². The van der Waals surface area contributed by atoms with Crippen LogP contribution in [0.2, 0.25) is 0 Å². The largest absolute Gasteiger partial charge is 0.459 e. The van der Waals surface area contributed by atoms with Crippen molar-refractivity contribution in [2.75, 3.05) is 36.4 Å². The fraction of sp³-hybridized carbons (Fsp3) is 0.471. The van der Waals surface area contributed by atoms with Gasteiger partial charge in [0.2, 0.25) is 5.95 Å². The van der Waals surface area contributed by atoms with Gasteiger partial charge in [-0.1, -0.05) is 0 Å². The smallest absolute Gasteiger partial charge is 0.289 e. The van der Waals surface area contributed by atoms with Crippen molar-refractivity contribution in [3.05, 3.63) is 36.4 Å². The fourth-order valence-electron chi connectivity index (χ4n) is 2.62. The quantitative estimate of drug-likeness (QED) is 0.931. The first kappa shape index (κ1) is 16.3. The van der Waals surface area contributed by atoms with Crippen LogP contribution >= 0.6 is 0 Å². The van der Waals surface area contributed by atoms with E-state index in [1.807, 2.05) is 6.07 Å². The average molecular weight is 329 g/mol. The Bertz CT molecular complexity index is 685. The van der Waals surface area contributed by atoms with Crippen molar-refractivity contribution in [3.8, 4) is 0 Å². The number of anilines is 2. The molecule has 7 heteroatoms. The molecule has 0 radical (unpaired) electrons. The fourth-order valence-corrected chi connectivity index (χ4v) is 2.62. The zero-order valence-electron chi connectivity index (χ0n) is 14.3. The first-order valence-electron chi connectivity index (χ1n) is 8.11. The van der Waals surface area contributed by atoms with Crippen LogP contribution in [0.3, 0.4) is 0 Å². The Labute approximate surface area is 141 Å². The average Bonchev–Trinajstić information content (AvgIpc) is 3.07. The Balaban J connectivity index is 1.62. The molecule has 128 valence electrons. The highest BCUT2D eigenvalue weighted by Crippen LogP contribution is 2.17. The normalized spacial score (nSPS) is 15.5. The number of piperazine rings is 1. The van der Waals surface area contributed by atoms with E-state index in [0.29, 0.717) is 37.9 Å². The number of carbonyl (C=O) groups excluding carboxylic acids is 1. The molecule has 0 aliphatic carbocycles. The van der Waals surface area contributed by atoms with Gasteiger partial charge in [0.25, 0.3) is 5.91 Å². The van der Waals surface area contributed by atoms with Crippen LogP contribution < -0.4 is 10.2 Å². The molecule has 0 aromatic carbocycles. The van der Waals surface area contributed by atoms with Crippen LogP contribution in [-0.2, 0) is 0 Å². The van der Waals surface area contributed by atoms with Crippen LogP contribution in [0.15, 0.2) is 35.1 Å². The molecule has 3 rings (SSSR count). The number of hydrogen-bond donors (Lipinski definition) is 1. The number of carbonyl (C=O) groups is 1. The summed E-state index contributed by atoms with van der Waals surface area (Å²) in [5, 5.41) is 3.35. The molecule has 0 spiro atoms. The molecule has 0 atom stereocenters. The highest BCUT2D eigenvalue weighted by molar-refractivity contribution is 5.91. The van der Waals surface area contributed by atoms with E-state index < -0.39 is 0 Å². The summed E-state index contributed by atoms with van der Waals surface area (Å²) >= 11 is 0. The topological polar surface area (TPSA) is 74.5 Å². The Kier molecular flexibility index (Phi) is 4.42. The third-order valence-corrected chi connectivity index (χ3v) is 3.73. The Morgan fingerprint density at radius 2 is 1.96 bits per heavy atom. The van der Waals surface area contributed by atoms with E-state index in [1.165, 1.54) is 6.26 Å². The van der Waals surface area contributed by atoms with Crippen LogP contribution in [-0.4, -0.2) is 52.5 Å².